The Kier molecular flexibility index (Phi) is 7.51. The molecule has 2 atom stereocenters. The fourth-order valence-electron chi connectivity index (χ4n) is 6.81. The van der Waals surface area contributed by atoms with Crippen LogP contribution >= 0.6 is 0 Å². The minimum Gasteiger partial charge on any atom is -0.313 e. The van der Waals surface area contributed by atoms with Crippen molar-refractivity contribution < 1.29 is 0 Å². The van der Waals surface area contributed by atoms with Crippen molar-refractivity contribution >= 4 is 34.1 Å². The molecule has 45 heavy (non-hydrogen) atoms. The van der Waals surface area contributed by atoms with Gasteiger partial charge < -0.3 is 9.80 Å². The van der Waals surface area contributed by atoms with Crippen molar-refractivity contribution in [1.82, 2.24) is 0 Å². The average molecular weight is 585 g/mol. The Balaban J connectivity index is 1.61. The van der Waals surface area contributed by atoms with E-state index in [2.05, 4.69) is 184 Å². The highest BCUT2D eigenvalue weighted by atomic mass is 15.2. The van der Waals surface area contributed by atoms with E-state index in [4.69, 9.17) is 0 Å². The van der Waals surface area contributed by atoms with Gasteiger partial charge in [-0.2, -0.15) is 0 Å². The zero-order chi connectivity index (χ0) is 31.1. The van der Waals surface area contributed by atoms with Crippen molar-refractivity contribution in [3.63, 3.8) is 0 Å². The lowest BCUT2D eigenvalue weighted by Gasteiger charge is -2.42. The van der Waals surface area contributed by atoms with Crippen LogP contribution in [0.3, 0.4) is 0 Å². The summed E-state index contributed by atoms with van der Waals surface area (Å²) < 4.78 is 0. The monoisotopic (exact) mass is 584 g/mol. The van der Waals surface area contributed by atoms with E-state index in [-0.39, 0.29) is 5.92 Å². The lowest BCUT2D eigenvalue weighted by molar-refractivity contribution is 0.587. The maximum atomic E-state index is 2.50. The molecule has 5 aromatic rings. The Bertz CT molecular complexity index is 1940. The van der Waals surface area contributed by atoms with Gasteiger partial charge in [-0.25, -0.2) is 0 Å². The first-order chi connectivity index (χ1) is 21.9. The molecule has 0 radical (unpaired) electrons. The molecule has 0 saturated heterocycles. The summed E-state index contributed by atoms with van der Waals surface area (Å²) in [6, 6.07) is 44.9. The van der Waals surface area contributed by atoms with E-state index < -0.39 is 0 Å². The smallest absolute Gasteiger partial charge is 0.0579 e. The highest BCUT2D eigenvalue weighted by molar-refractivity contribution is 5.94. The van der Waals surface area contributed by atoms with Crippen LogP contribution in [-0.2, 0) is 0 Å². The maximum absolute atomic E-state index is 2.50. The van der Waals surface area contributed by atoms with Crippen molar-refractivity contribution in [3.8, 4) is 0 Å². The quantitative estimate of drug-likeness (QED) is 0.196. The molecule has 2 heteroatoms. The molecular weight excluding hydrogens is 544 g/mol. The average Bonchev–Trinajstić information content (AvgIpc) is 3.05. The first kappa shape index (κ1) is 28.7. The van der Waals surface area contributed by atoms with E-state index in [9.17, 15) is 0 Å². The molecule has 0 N–H and O–H groups in total. The van der Waals surface area contributed by atoms with E-state index in [1.807, 2.05) is 0 Å². The molecule has 0 amide bonds. The van der Waals surface area contributed by atoms with E-state index in [1.165, 1.54) is 61.0 Å². The van der Waals surface area contributed by atoms with E-state index in [0.29, 0.717) is 5.92 Å². The number of benzene rings is 5. The predicted octanol–water partition coefficient (Wildman–Crippen LogP) is 9.58. The number of allylic oxidation sites excluding steroid dienone is 3. The topological polar surface area (TPSA) is 6.48 Å². The van der Waals surface area contributed by atoms with Gasteiger partial charge in [-0.15, -0.1) is 0 Å². The molecule has 0 aromatic heterocycles. The zero-order valence-electron chi connectivity index (χ0n) is 26.8. The molecule has 2 aliphatic rings. The SMILES string of the molecule is Cc1ccc(N(C2=c3ccccc3=C(N(c3ccc(C)cc3)c3ccc(C)cc3)C3C2=CC=CC3C)c2ccc(C)cc2)cc1. The molecule has 222 valence electrons. The Labute approximate surface area is 267 Å². The molecule has 5 aromatic carbocycles. The number of anilines is 4. The van der Waals surface area contributed by atoms with Gasteiger partial charge in [0.1, 0.15) is 0 Å². The molecule has 0 spiro atoms. The third-order valence-corrected chi connectivity index (χ3v) is 9.21. The molecule has 0 fully saturated rings. The van der Waals surface area contributed by atoms with E-state index >= 15 is 0 Å². The summed E-state index contributed by atoms with van der Waals surface area (Å²) >= 11 is 0. The van der Waals surface area contributed by atoms with Crippen LogP contribution in [0.2, 0.25) is 0 Å². The first-order valence-corrected chi connectivity index (χ1v) is 16.0. The summed E-state index contributed by atoms with van der Waals surface area (Å²) in [6.45, 7) is 11.0. The fraction of sp³-hybridized carbons (Fsp3) is 0.163. The van der Waals surface area contributed by atoms with Crippen LogP contribution in [-0.4, -0.2) is 0 Å². The normalized spacial score (nSPS) is 17.0. The third-order valence-electron chi connectivity index (χ3n) is 9.21. The number of hydrogen-bond acceptors (Lipinski definition) is 2. The van der Waals surface area contributed by atoms with Gasteiger partial charge in [-0.05, 0) is 87.7 Å². The summed E-state index contributed by atoms with van der Waals surface area (Å²) in [7, 11) is 0. The molecule has 2 nitrogen and oxygen atoms in total. The predicted molar refractivity (Wildman–Crippen MR) is 191 cm³/mol. The highest BCUT2D eigenvalue weighted by Gasteiger charge is 2.38. The second kappa shape index (κ2) is 11.8. The van der Waals surface area contributed by atoms with Crippen molar-refractivity contribution in [2.24, 2.45) is 11.8 Å². The van der Waals surface area contributed by atoms with Crippen molar-refractivity contribution in [2.75, 3.05) is 9.80 Å². The number of rotatable bonds is 6. The molecule has 0 heterocycles. The van der Waals surface area contributed by atoms with Gasteiger partial charge in [0, 0.05) is 44.8 Å². The summed E-state index contributed by atoms with van der Waals surface area (Å²) in [5.74, 6) is 0.431. The van der Waals surface area contributed by atoms with Crippen LogP contribution in [0.15, 0.2) is 145 Å². The summed E-state index contributed by atoms with van der Waals surface area (Å²) in [6.07, 6.45) is 6.98. The van der Waals surface area contributed by atoms with Gasteiger partial charge in [0.15, 0.2) is 0 Å². The van der Waals surface area contributed by atoms with Gasteiger partial charge in [0.25, 0.3) is 0 Å². The molecule has 7 rings (SSSR count). The van der Waals surface area contributed by atoms with Crippen LogP contribution in [0.4, 0.5) is 22.7 Å². The Morgan fingerprint density at radius 1 is 0.467 bits per heavy atom. The molecule has 2 unspecified atom stereocenters. The maximum Gasteiger partial charge on any atom is 0.0579 e. The second-order valence-electron chi connectivity index (χ2n) is 12.6. The zero-order valence-corrected chi connectivity index (χ0v) is 26.8. The van der Waals surface area contributed by atoms with Crippen molar-refractivity contribution in [1.29, 1.82) is 0 Å². The molecule has 0 aliphatic heterocycles. The first-order valence-electron chi connectivity index (χ1n) is 16.0. The van der Waals surface area contributed by atoms with E-state index in [1.54, 1.807) is 0 Å². The van der Waals surface area contributed by atoms with Gasteiger partial charge in [0.05, 0.1) is 5.70 Å². The third kappa shape index (κ3) is 5.31. The Morgan fingerprint density at radius 2 is 0.867 bits per heavy atom. The Hall–Kier alpha value is -5.08. The van der Waals surface area contributed by atoms with Crippen LogP contribution in [0, 0.1) is 39.5 Å². The summed E-state index contributed by atoms with van der Waals surface area (Å²) in [5.41, 5.74) is 13.6. The number of hydrogen-bond donors (Lipinski definition) is 0. The van der Waals surface area contributed by atoms with Gasteiger partial charge in [-0.1, -0.05) is 120 Å². The highest BCUT2D eigenvalue weighted by Crippen LogP contribution is 2.47. The number of aryl methyl sites for hydroxylation is 4. The summed E-state index contributed by atoms with van der Waals surface area (Å²) in [5, 5.41) is 2.50. The minimum atomic E-state index is 0.140. The second-order valence-corrected chi connectivity index (χ2v) is 12.6. The van der Waals surface area contributed by atoms with Crippen LogP contribution < -0.4 is 20.2 Å². The molecule has 0 saturated carbocycles. The van der Waals surface area contributed by atoms with Gasteiger partial charge in [-0.3, -0.25) is 0 Å². The molecule has 0 bridgehead atoms. The Morgan fingerprint density at radius 3 is 1.31 bits per heavy atom. The van der Waals surface area contributed by atoms with Crippen molar-refractivity contribution in [2.45, 2.75) is 34.6 Å². The van der Waals surface area contributed by atoms with Crippen LogP contribution in [0.5, 0.6) is 0 Å². The number of fused-ring (bicyclic) bond motifs is 2. The van der Waals surface area contributed by atoms with Gasteiger partial charge in [0.2, 0.25) is 0 Å². The lowest BCUT2D eigenvalue weighted by Crippen LogP contribution is -2.46. The molecular formula is C43H40N2. The van der Waals surface area contributed by atoms with E-state index in [0.717, 1.165) is 11.4 Å². The molecule has 2 aliphatic carbocycles. The largest absolute Gasteiger partial charge is 0.313 e. The minimum absolute atomic E-state index is 0.140. The summed E-state index contributed by atoms with van der Waals surface area (Å²) in [4.78, 5) is 4.98. The fourth-order valence-corrected chi connectivity index (χ4v) is 6.81. The van der Waals surface area contributed by atoms with Gasteiger partial charge >= 0.3 is 0 Å². The van der Waals surface area contributed by atoms with Crippen LogP contribution in [0.1, 0.15) is 29.2 Å². The number of nitrogens with zero attached hydrogens (tertiary/aromatic N) is 2. The van der Waals surface area contributed by atoms with Crippen molar-refractivity contribution in [3.05, 3.63) is 178 Å². The lowest BCUT2D eigenvalue weighted by atomic mass is 9.74. The van der Waals surface area contributed by atoms with Crippen LogP contribution in [0.25, 0.3) is 11.4 Å². The standard InChI is InChI=1S/C43H40N2/c1-29-13-21-34(22-14-29)44(35-23-15-30(2)16-24-35)42-38-10-6-7-11-39(38)43(41-33(5)9-8-12-40(41)42)45(36-25-17-31(3)18-26-36)37-27-19-32(4)20-28-37/h6-28,33,41H,1-5H3.